The van der Waals surface area contributed by atoms with Gasteiger partial charge in [0.15, 0.2) is 0 Å². The van der Waals surface area contributed by atoms with Crippen LogP contribution in [0.5, 0.6) is 0 Å². The van der Waals surface area contributed by atoms with Gasteiger partial charge in [0, 0.05) is 28.3 Å². The van der Waals surface area contributed by atoms with Gasteiger partial charge in [0.1, 0.15) is 0 Å². The summed E-state index contributed by atoms with van der Waals surface area (Å²) in [6, 6.07) is 2.09. The largest absolute Gasteiger partial charge is 0.311 e. The van der Waals surface area contributed by atoms with Crippen molar-refractivity contribution in [2.75, 3.05) is 12.4 Å². The molecule has 0 saturated heterocycles. The maximum absolute atomic E-state index is 5.76. The van der Waals surface area contributed by atoms with Crippen LogP contribution in [0.1, 0.15) is 25.1 Å². The average molecular weight is 311 g/mol. The van der Waals surface area contributed by atoms with E-state index in [4.69, 9.17) is 11.6 Å². The number of halogens is 2. The van der Waals surface area contributed by atoms with Crippen molar-refractivity contribution in [1.29, 1.82) is 0 Å². The van der Waals surface area contributed by atoms with E-state index in [1.807, 2.05) is 0 Å². The van der Waals surface area contributed by atoms with Crippen molar-refractivity contribution in [2.45, 2.75) is 26.8 Å². The SMILES string of the molecule is CC(C)(CCCl)CNCc1sccc1Br. The second kappa shape index (κ2) is 6.24. The number of rotatable bonds is 6. The molecule has 1 aromatic rings. The maximum Gasteiger partial charge on any atom is 0.0327 e. The first kappa shape index (κ1) is 13.5. The van der Waals surface area contributed by atoms with Crippen LogP contribution in [0.15, 0.2) is 15.9 Å². The molecule has 15 heavy (non-hydrogen) atoms. The molecule has 0 radical (unpaired) electrons. The van der Waals surface area contributed by atoms with Crippen LogP contribution in [-0.4, -0.2) is 12.4 Å². The number of nitrogens with one attached hydrogen (secondary N) is 1. The van der Waals surface area contributed by atoms with Gasteiger partial charge >= 0.3 is 0 Å². The van der Waals surface area contributed by atoms with E-state index >= 15 is 0 Å². The van der Waals surface area contributed by atoms with Crippen molar-refractivity contribution in [3.05, 3.63) is 20.8 Å². The van der Waals surface area contributed by atoms with Gasteiger partial charge in [0.05, 0.1) is 0 Å². The Kier molecular flexibility index (Phi) is 5.61. The van der Waals surface area contributed by atoms with Crippen molar-refractivity contribution in [2.24, 2.45) is 5.41 Å². The Morgan fingerprint density at radius 3 is 2.80 bits per heavy atom. The minimum Gasteiger partial charge on any atom is -0.311 e. The van der Waals surface area contributed by atoms with Gasteiger partial charge < -0.3 is 5.32 Å². The van der Waals surface area contributed by atoms with Crippen LogP contribution >= 0.6 is 38.9 Å². The first-order valence-corrected chi connectivity index (χ1v) is 7.24. The summed E-state index contributed by atoms with van der Waals surface area (Å²) in [5.41, 5.74) is 0.283. The highest BCUT2D eigenvalue weighted by Gasteiger charge is 2.16. The van der Waals surface area contributed by atoms with Crippen LogP contribution in [0, 0.1) is 5.41 Å². The lowest BCUT2D eigenvalue weighted by Gasteiger charge is -2.23. The molecule has 0 atom stereocenters. The van der Waals surface area contributed by atoms with Gasteiger partial charge in [-0.15, -0.1) is 22.9 Å². The zero-order valence-electron chi connectivity index (χ0n) is 9.15. The summed E-state index contributed by atoms with van der Waals surface area (Å²) in [5.74, 6) is 0.734. The van der Waals surface area contributed by atoms with Crippen LogP contribution in [-0.2, 0) is 6.54 Å². The predicted molar refractivity (Wildman–Crippen MR) is 72.8 cm³/mol. The molecule has 0 aromatic carbocycles. The predicted octanol–water partition coefficient (Wildman–Crippen LogP) is 4.26. The molecular formula is C11H17BrClNS. The molecule has 0 aliphatic rings. The Hall–Kier alpha value is 0.430. The highest BCUT2D eigenvalue weighted by atomic mass is 79.9. The van der Waals surface area contributed by atoms with Gasteiger partial charge in [-0.05, 0) is 39.2 Å². The van der Waals surface area contributed by atoms with Crippen LogP contribution in [0.3, 0.4) is 0 Å². The fourth-order valence-electron chi connectivity index (χ4n) is 1.31. The summed E-state index contributed by atoms with van der Waals surface area (Å²) in [5, 5.41) is 5.58. The average Bonchev–Trinajstić information content (AvgIpc) is 2.51. The molecule has 1 heterocycles. The van der Waals surface area contributed by atoms with Gasteiger partial charge in [-0.3, -0.25) is 0 Å². The molecule has 4 heteroatoms. The smallest absolute Gasteiger partial charge is 0.0327 e. The number of hydrogen-bond acceptors (Lipinski definition) is 2. The lowest BCUT2D eigenvalue weighted by Crippen LogP contribution is -2.29. The molecule has 1 nitrogen and oxygen atoms in total. The van der Waals surface area contributed by atoms with Crippen LogP contribution < -0.4 is 5.32 Å². The van der Waals surface area contributed by atoms with Crippen LogP contribution in [0.2, 0.25) is 0 Å². The van der Waals surface area contributed by atoms with Crippen LogP contribution in [0.4, 0.5) is 0 Å². The summed E-state index contributed by atoms with van der Waals surface area (Å²) in [7, 11) is 0. The molecule has 0 fully saturated rings. The quantitative estimate of drug-likeness (QED) is 0.774. The molecular weight excluding hydrogens is 294 g/mol. The normalized spacial score (nSPS) is 12.0. The Bertz CT molecular complexity index is 299. The minimum atomic E-state index is 0.283. The highest BCUT2D eigenvalue weighted by Crippen LogP contribution is 2.23. The van der Waals surface area contributed by atoms with Gasteiger partial charge in [-0.1, -0.05) is 13.8 Å². The Balaban J connectivity index is 2.30. The van der Waals surface area contributed by atoms with E-state index in [0.29, 0.717) is 0 Å². The molecule has 0 saturated carbocycles. The first-order chi connectivity index (χ1) is 7.05. The Morgan fingerprint density at radius 2 is 2.27 bits per heavy atom. The molecule has 0 unspecified atom stereocenters. The van der Waals surface area contributed by atoms with Crippen molar-refractivity contribution in [3.8, 4) is 0 Å². The third-order valence-corrected chi connectivity index (χ3v) is 4.47. The summed E-state index contributed by atoms with van der Waals surface area (Å²) in [6.07, 6.45) is 1.05. The summed E-state index contributed by atoms with van der Waals surface area (Å²) < 4.78 is 1.20. The van der Waals surface area contributed by atoms with Gasteiger partial charge in [0.2, 0.25) is 0 Å². The standard InChI is InChI=1S/C11H17BrClNS/c1-11(2,4-5-13)8-14-7-10-9(12)3-6-15-10/h3,6,14H,4-5,7-8H2,1-2H3. The molecule has 0 aliphatic carbocycles. The van der Waals surface area contributed by atoms with Gasteiger partial charge in [-0.2, -0.15) is 0 Å². The second-order valence-electron chi connectivity index (χ2n) is 4.40. The first-order valence-electron chi connectivity index (χ1n) is 5.04. The second-order valence-corrected chi connectivity index (χ2v) is 6.63. The number of hydrogen-bond donors (Lipinski definition) is 1. The molecule has 86 valence electrons. The lowest BCUT2D eigenvalue weighted by atomic mass is 9.90. The fraction of sp³-hybridized carbons (Fsp3) is 0.636. The third kappa shape index (κ3) is 4.85. The van der Waals surface area contributed by atoms with Crippen molar-refractivity contribution < 1.29 is 0 Å². The molecule has 0 bridgehead atoms. The summed E-state index contributed by atoms with van der Waals surface area (Å²) in [4.78, 5) is 1.36. The minimum absolute atomic E-state index is 0.283. The molecule has 0 amide bonds. The van der Waals surface area contributed by atoms with E-state index in [0.717, 1.165) is 25.4 Å². The Labute approximate surface area is 109 Å². The van der Waals surface area contributed by atoms with Gasteiger partial charge in [0.25, 0.3) is 0 Å². The van der Waals surface area contributed by atoms with Crippen molar-refractivity contribution in [1.82, 2.24) is 5.32 Å². The number of thiophene rings is 1. The lowest BCUT2D eigenvalue weighted by molar-refractivity contribution is 0.330. The van der Waals surface area contributed by atoms with E-state index in [1.165, 1.54) is 9.35 Å². The zero-order valence-corrected chi connectivity index (χ0v) is 12.3. The summed E-state index contributed by atoms with van der Waals surface area (Å²) >= 11 is 11.1. The topological polar surface area (TPSA) is 12.0 Å². The zero-order chi connectivity index (χ0) is 11.3. The molecule has 1 aromatic heterocycles. The number of alkyl halides is 1. The van der Waals surface area contributed by atoms with E-state index in [-0.39, 0.29) is 5.41 Å². The van der Waals surface area contributed by atoms with Gasteiger partial charge in [-0.25, -0.2) is 0 Å². The van der Waals surface area contributed by atoms with E-state index in [9.17, 15) is 0 Å². The van der Waals surface area contributed by atoms with Crippen LogP contribution in [0.25, 0.3) is 0 Å². The molecule has 0 aliphatic heterocycles. The molecule has 0 spiro atoms. The molecule has 1 N–H and O–H groups in total. The third-order valence-electron chi connectivity index (χ3n) is 2.35. The molecule has 1 rings (SSSR count). The highest BCUT2D eigenvalue weighted by molar-refractivity contribution is 9.10. The maximum atomic E-state index is 5.76. The van der Waals surface area contributed by atoms with E-state index in [2.05, 4.69) is 46.5 Å². The monoisotopic (exact) mass is 309 g/mol. The fourth-order valence-corrected chi connectivity index (χ4v) is 3.28. The van der Waals surface area contributed by atoms with Crippen molar-refractivity contribution in [3.63, 3.8) is 0 Å². The summed E-state index contributed by atoms with van der Waals surface area (Å²) in [6.45, 7) is 6.42. The van der Waals surface area contributed by atoms with E-state index < -0.39 is 0 Å². The van der Waals surface area contributed by atoms with Crippen molar-refractivity contribution >= 4 is 38.9 Å². The Morgan fingerprint density at radius 1 is 1.53 bits per heavy atom. The van der Waals surface area contributed by atoms with E-state index in [1.54, 1.807) is 11.3 Å².